The molecule has 6 N–H and O–H groups in total. The molecule has 1 amide bonds. The van der Waals surface area contributed by atoms with E-state index in [2.05, 4.69) is 10.4 Å². The van der Waals surface area contributed by atoms with Gasteiger partial charge < -0.3 is 21.5 Å². The molecule has 188 valence electrons. The van der Waals surface area contributed by atoms with E-state index in [1.807, 2.05) is 30.3 Å². The first-order chi connectivity index (χ1) is 17.8. The Kier molecular flexibility index (Phi) is 7.63. The van der Waals surface area contributed by atoms with Gasteiger partial charge in [-0.1, -0.05) is 48.5 Å². The third-order valence-corrected chi connectivity index (χ3v) is 5.92. The summed E-state index contributed by atoms with van der Waals surface area (Å²) in [5.74, 6) is 0.391. The third kappa shape index (κ3) is 6.21. The second kappa shape index (κ2) is 11.2. The van der Waals surface area contributed by atoms with Gasteiger partial charge in [0.05, 0.1) is 26.3 Å². The van der Waals surface area contributed by atoms with E-state index < -0.39 is 0 Å². The molecule has 37 heavy (non-hydrogen) atoms. The van der Waals surface area contributed by atoms with Crippen LogP contribution in [0.3, 0.4) is 0 Å². The molecule has 0 aliphatic heterocycles. The number of nitrogens with zero attached hydrogens (tertiary/aromatic N) is 2. The summed E-state index contributed by atoms with van der Waals surface area (Å²) < 4.78 is 6.55. The quantitative estimate of drug-likeness (QED) is 0.159. The topological polar surface area (TPSA) is 149 Å². The number of hydrogen-bond acceptors (Lipinski definition) is 6. The molecule has 0 aliphatic carbocycles. The van der Waals surface area contributed by atoms with Crippen molar-refractivity contribution in [3.8, 4) is 16.9 Å². The number of amides is 1. The highest BCUT2D eigenvalue weighted by Gasteiger charge is 2.17. The van der Waals surface area contributed by atoms with Crippen LogP contribution >= 0.6 is 0 Å². The molecule has 0 saturated carbocycles. The number of amidine groups is 1. The highest BCUT2D eigenvalue weighted by molar-refractivity contribution is 5.94. The Morgan fingerprint density at radius 2 is 1.76 bits per heavy atom. The lowest BCUT2D eigenvalue weighted by Gasteiger charge is -2.13. The molecule has 9 heteroatoms. The minimum absolute atomic E-state index is 0.0201. The van der Waals surface area contributed by atoms with Gasteiger partial charge in [0.2, 0.25) is 5.91 Å². The number of methoxy groups -OCH3 is 1. The first-order valence-electron chi connectivity index (χ1n) is 11.6. The summed E-state index contributed by atoms with van der Waals surface area (Å²) in [6, 6.07) is 21.5. The van der Waals surface area contributed by atoms with Crippen LogP contribution in [0.4, 0.5) is 5.69 Å². The third-order valence-electron chi connectivity index (χ3n) is 5.92. The number of nitrogens with two attached hydrogens (primary N) is 2. The molecule has 1 heterocycles. The second-order valence-corrected chi connectivity index (χ2v) is 8.54. The lowest BCUT2D eigenvalue weighted by molar-refractivity contribution is -0.120. The van der Waals surface area contributed by atoms with Crippen molar-refractivity contribution in [1.82, 2.24) is 15.1 Å². The fourth-order valence-electron chi connectivity index (χ4n) is 3.90. The van der Waals surface area contributed by atoms with E-state index in [9.17, 15) is 9.59 Å². The van der Waals surface area contributed by atoms with Crippen molar-refractivity contribution in [2.24, 2.45) is 5.73 Å². The number of carbonyl (C=O) groups is 1. The SMILES string of the molecule is COc1ccc(Cn2ncc(-c3cccc(N)c3)c(CC(=O)NCc3ccc(C(=N)N)cc3)c2=O)cc1. The number of rotatable bonds is 9. The molecule has 3 aromatic carbocycles. The number of hydrogen-bond donors (Lipinski definition) is 4. The maximum absolute atomic E-state index is 13.5. The fraction of sp³-hybridized carbons (Fsp3) is 0.143. The molecule has 0 saturated heterocycles. The molecule has 0 spiro atoms. The Morgan fingerprint density at radius 1 is 1.05 bits per heavy atom. The molecular weight excluding hydrogens is 468 g/mol. The Balaban J connectivity index is 1.60. The molecule has 0 unspecified atom stereocenters. The normalized spacial score (nSPS) is 10.6. The van der Waals surface area contributed by atoms with E-state index in [0.29, 0.717) is 27.9 Å². The fourth-order valence-corrected chi connectivity index (χ4v) is 3.90. The number of carbonyl (C=O) groups excluding carboxylic acids is 1. The van der Waals surface area contributed by atoms with Crippen molar-refractivity contribution in [1.29, 1.82) is 5.41 Å². The van der Waals surface area contributed by atoms with Crippen molar-refractivity contribution in [2.45, 2.75) is 19.5 Å². The smallest absolute Gasteiger partial charge is 0.271 e. The molecule has 4 rings (SSSR count). The summed E-state index contributed by atoms with van der Waals surface area (Å²) >= 11 is 0. The van der Waals surface area contributed by atoms with Crippen LogP contribution in [-0.2, 0) is 24.3 Å². The van der Waals surface area contributed by atoms with Crippen molar-refractivity contribution in [3.63, 3.8) is 0 Å². The number of ether oxygens (including phenoxy) is 1. The van der Waals surface area contributed by atoms with Crippen molar-refractivity contribution in [3.05, 3.63) is 112 Å². The summed E-state index contributed by atoms with van der Waals surface area (Å²) in [6.07, 6.45) is 1.47. The van der Waals surface area contributed by atoms with Gasteiger partial charge in [-0.25, -0.2) is 4.68 Å². The largest absolute Gasteiger partial charge is 0.497 e. The van der Waals surface area contributed by atoms with E-state index in [4.69, 9.17) is 21.6 Å². The predicted molar refractivity (Wildman–Crippen MR) is 143 cm³/mol. The second-order valence-electron chi connectivity index (χ2n) is 8.54. The average Bonchev–Trinajstić information content (AvgIpc) is 2.90. The number of nitrogen functional groups attached to an aromatic ring is 2. The van der Waals surface area contributed by atoms with E-state index in [0.717, 1.165) is 16.9 Å². The molecule has 0 aliphatic rings. The highest BCUT2D eigenvalue weighted by Crippen LogP contribution is 2.23. The zero-order valence-electron chi connectivity index (χ0n) is 20.4. The van der Waals surface area contributed by atoms with Crippen LogP contribution in [-0.4, -0.2) is 28.6 Å². The summed E-state index contributed by atoms with van der Waals surface area (Å²) in [4.78, 5) is 26.5. The summed E-state index contributed by atoms with van der Waals surface area (Å²) in [5, 5.41) is 14.7. The first kappa shape index (κ1) is 25.2. The number of aromatic nitrogens is 2. The molecule has 4 aromatic rings. The number of benzene rings is 3. The molecule has 0 bridgehead atoms. The first-order valence-corrected chi connectivity index (χ1v) is 11.6. The molecule has 9 nitrogen and oxygen atoms in total. The van der Waals surface area contributed by atoms with Crippen molar-refractivity contribution < 1.29 is 9.53 Å². The maximum Gasteiger partial charge on any atom is 0.271 e. The zero-order chi connectivity index (χ0) is 26.4. The Hall–Kier alpha value is -4.92. The van der Waals surface area contributed by atoms with Crippen LogP contribution < -0.4 is 27.1 Å². The van der Waals surface area contributed by atoms with Gasteiger partial charge in [0.1, 0.15) is 11.6 Å². The monoisotopic (exact) mass is 496 g/mol. The molecular formula is C28H28N6O3. The van der Waals surface area contributed by atoms with Crippen LogP contribution in [0.1, 0.15) is 22.3 Å². The van der Waals surface area contributed by atoms with Crippen LogP contribution in [0.15, 0.2) is 83.8 Å². The molecule has 1 aromatic heterocycles. The van der Waals surface area contributed by atoms with Gasteiger partial charge in [-0.05, 0) is 41.0 Å². The average molecular weight is 497 g/mol. The predicted octanol–water partition coefficient (Wildman–Crippen LogP) is 2.69. The van der Waals surface area contributed by atoms with Gasteiger partial charge in [0, 0.05) is 28.9 Å². The molecule has 0 fully saturated rings. The molecule has 0 radical (unpaired) electrons. The lowest BCUT2D eigenvalue weighted by atomic mass is 10.00. The minimum atomic E-state index is -0.350. The summed E-state index contributed by atoms with van der Waals surface area (Å²) in [6.45, 7) is 0.521. The number of nitrogens with one attached hydrogen (secondary N) is 2. The maximum atomic E-state index is 13.5. The highest BCUT2D eigenvalue weighted by atomic mass is 16.5. The summed E-state index contributed by atoms with van der Waals surface area (Å²) in [7, 11) is 1.59. The van der Waals surface area contributed by atoms with Gasteiger partial charge in [-0.2, -0.15) is 5.10 Å². The van der Waals surface area contributed by atoms with Crippen molar-refractivity contribution >= 4 is 17.4 Å². The van der Waals surface area contributed by atoms with Crippen LogP contribution in [0.5, 0.6) is 5.75 Å². The van der Waals surface area contributed by atoms with Gasteiger partial charge >= 0.3 is 0 Å². The zero-order valence-corrected chi connectivity index (χ0v) is 20.4. The van der Waals surface area contributed by atoms with Crippen LogP contribution in [0.2, 0.25) is 0 Å². The van der Waals surface area contributed by atoms with Crippen LogP contribution in [0.25, 0.3) is 11.1 Å². The van der Waals surface area contributed by atoms with Crippen molar-refractivity contribution in [2.75, 3.05) is 12.8 Å². The molecule has 0 atom stereocenters. The van der Waals surface area contributed by atoms with E-state index in [-0.39, 0.29) is 36.8 Å². The van der Waals surface area contributed by atoms with E-state index in [1.54, 1.807) is 55.8 Å². The summed E-state index contributed by atoms with van der Waals surface area (Å²) in [5.41, 5.74) is 15.6. The van der Waals surface area contributed by atoms with Gasteiger partial charge in [0.15, 0.2) is 0 Å². The van der Waals surface area contributed by atoms with Gasteiger partial charge in [-0.15, -0.1) is 0 Å². The van der Waals surface area contributed by atoms with Gasteiger partial charge in [0.25, 0.3) is 5.56 Å². The Bertz CT molecular complexity index is 1480. The lowest BCUT2D eigenvalue weighted by Crippen LogP contribution is -2.32. The van der Waals surface area contributed by atoms with E-state index in [1.165, 1.54) is 4.68 Å². The van der Waals surface area contributed by atoms with Gasteiger partial charge in [-0.3, -0.25) is 15.0 Å². The Morgan fingerprint density at radius 3 is 2.41 bits per heavy atom. The van der Waals surface area contributed by atoms with Crippen LogP contribution in [0, 0.1) is 5.41 Å². The number of anilines is 1. The minimum Gasteiger partial charge on any atom is -0.497 e. The standard InChI is InChI=1S/C28H28N6O3/c1-37-23-11-7-19(8-12-23)17-34-28(36)24(25(16-33-34)21-3-2-4-22(29)13-21)14-26(35)32-15-18-5-9-20(10-6-18)27(30)31/h2-13,16H,14-15,17,29H2,1H3,(H3,30,31)(H,32,35). The Labute approximate surface area is 214 Å². The van der Waals surface area contributed by atoms with E-state index >= 15 is 0 Å².